The second-order valence-electron chi connectivity index (χ2n) is 5.04. The summed E-state index contributed by atoms with van der Waals surface area (Å²) in [4.78, 5) is 12.4. The minimum atomic E-state index is -0.393. The quantitative estimate of drug-likeness (QED) is 0.723. The van der Waals surface area contributed by atoms with Gasteiger partial charge in [-0.25, -0.2) is 0 Å². The molecule has 0 saturated heterocycles. The number of hydrogen-bond acceptors (Lipinski definition) is 6. The standard InChI is InChI=1S/C16H14BrN3O4/c1-8-6-11(9(2)23-8)15-19-20-16(24-15)18-14(21)12-7-10(22-3)4-5-13(12)17/h4-7H,1-3H3,(H,18,20,21). The minimum absolute atomic E-state index is 0.00275. The number of carbonyl (C=O) groups excluding carboxylic acids is 1. The highest BCUT2D eigenvalue weighted by Crippen LogP contribution is 2.27. The van der Waals surface area contributed by atoms with Gasteiger partial charge in [0.15, 0.2) is 0 Å². The van der Waals surface area contributed by atoms with E-state index < -0.39 is 5.91 Å². The number of nitrogens with one attached hydrogen (secondary N) is 1. The first-order chi connectivity index (χ1) is 11.5. The number of amides is 1. The van der Waals surface area contributed by atoms with E-state index in [4.69, 9.17) is 13.6 Å². The Labute approximate surface area is 146 Å². The summed E-state index contributed by atoms with van der Waals surface area (Å²) in [5.74, 6) is 1.87. The maximum atomic E-state index is 12.4. The van der Waals surface area contributed by atoms with E-state index >= 15 is 0 Å². The lowest BCUT2D eigenvalue weighted by Crippen LogP contribution is -2.13. The summed E-state index contributed by atoms with van der Waals surface area (Å²) in [7, 11) is 1.53. The number of furan rings is 1. The molecule has 2 heterocycles. The summed E-state index contributed by atoms with van der Waals surface area (Å²) in [6, 6.07) is 6.89. The van der Waals surface area contributed by atoms with Gasteiger partial charge in [0.1, 0.15) is 17.3 Å². The van der Waals surface area contributed by atoms with Crippen LogP contribution in [0, 0.1) is 13.8 Å². The molecule has 8 heteroatoms. The van der Waals surface area contributed by atoms with Crippen LogP contribution < -0.4 is 10.1 Å². The molecule has 0 fully saturated rings. The van der Waals surface area contributed by atoms with Crippen LogP contribution in [-0.4, -0.2) is 23.2 Å². The molecule has 0 bridgehead atoms. The van der Waals surface area contributed by atoms with Gasteiger partial charge in [-0.1, -0.05) is 5.10 Å². The van der Waals surface area contributed by atoms with Gasteiger partial charge in [0.05, 0.1) is 18.2 Å². The number of benzene rings is 1. The van der Waals surface area contributed by atoms with E-state index in [-0.39, 0.29) is 11.9 Å². The van der Waals surface area contributed by atoms with Gasteiger partial charge in [0.2, 0.25) is 0 Å². The summed E-state index contributed by atoms with van der Waals surface area (Å²) in [5, 5.41) is 10.4. The molecule has 2 aromatic heterocycles. The Kier molecular flexibility index (Phi) is 4.39. The summed E-state index contributed by atoms with van der Waals surface area (Å²) in [6.45, 7) is 3.63. The van der Waals surface area contributed by atoms with Crippen LogP contribution in [0.5, 0.6) is 5.75 Å². The smallest absolute Gasteiger partial charge is 0.322 e. The third-order valence-corrected chi connectivity index (χ3v) is 4.03. The highest BCUT2D eigenvalue weighted by molar-refractivity contribution is 9.10. The van der Waals surface area contributed by atoms with Crippen molar-refractivity contribution in [1.29, 1.82) is 0 Å². The number of aromatic nitrogens is 2. The Morgan fingerprint density at radius 2 is 2.00 bits per heavy atom. The number of rotatable bonds is 4. The number of nitrogens with zero attached hydrogens (tertiary/aromatic N) is 2. The fraction of sp³-hybridized carbons (Fsp3) is 0.188. The average Bonchev–Trinajstić information content (AvgIpc) is 3.13. The van der Waals surface area contributed by atoms with Gasteiger partial charge in [-0.2, -0.15) is 0 Å². The lowest BCUT2D eigenvalue weighted by atomic mass is 10.2. The SMILES string of the molecule is COc1ccc(Br)c(C(=O)Nc2nnc(-c3cc(C)oc3C)o2)c1. The van der Waals surface area contributed by atoms with Crippen LogP contribution in [0.4, 0.5) is 6.01 Å². The van der Waals surface area contributed by atoms with Gasteiger partial charge in [-0.3, -0.25) is 10.1 Å². The van der Waals surface area contributed by atoms with E-state index in [1.165, 1.54) is 7.11 Å². The van der Waals surface area contributed by atoms with E-state index in [1.54, 1.807) is 31.2 Å². The lowest BCUT2D eigenvalue weighted by molar-refractivity contribution is 0.102. The molecule has 3 aromatic rings. The molecule has 0 aliphatic rings. The van der Waals surface area contributed by atoms with Crippen molar-refractivity contribution in [3.63, 3.8) is 0 Å². The van der Waals surface area contributed by atoms with Gasteiger partial charge in [-0.05, 0) is 54.0 Å². The number of hydrogen-bond donors (Lipinski definition) is 1. The first-order valence-corrected chi connectivity index (χ1v) is 7.83. The van der Waals surface area contributed by atoms with Gasteiger partial charge >= 0.3 is 6.01 Å². The molecule has 0 atom stereocenters. The van der Waals surface area contributed by atoms with Gasteiger partial charge in [0, 0.05) is 4.47 Å². The highest BCUT2D eigenvalue weighted by Gasteiger charge is 2.18. The van der Waals surface area contributed by atoms with Gasteiger partial charge in [-0.15, -0.1) is 5.10 Å². The molecule has 0 radical (unpaired) electrons. The molecule has 1 N–H and O–H groups in total. The third kappa shape index (κ3) is 3.18. The average molecular weight is 392 g/mol. The van der Waals surface area contributed by atoms with E-state index in [0.717, 1.165) is 5.76 Å². The van der Waals surface area contributed by atoms with Crippen LogP contribution in [0.25, 0.3) is 11.5 Å². The molecule has 7 nitrogen and oxygen atoms in total. The van der Waals surface area contributed by atoms with Crippen molar-refractivity contribution in [3.05, 3.63) is 45.8 Å². The maximum Gasteiger partial charge on any atom is 0.322 e. The zero-order valence-electron chi connectivity index (χ0n) is 13.2. The summed E-state index contributed by atoms with van der Waals surface area (Å²) < 4.78 is 16.7. The number of ether oxygens (including phenoxy) is 1. The molecule has 0 unspecified atom stereocenters. The second kappa shape index (κ2) is 6.48. The van der Waals surface area contributed by atoms with Crippen molar-refractivity contribution >= 4 is 27.9 Å². The molecule has 1 aromatic carbocycles. The van der Waals surface area contributed by atoms with Crippen LogP contribution in [0.3, 0.4) is 0 Å². The van der Waals surface area contributed by atoms with Crippen molar-refractivity contribution in [2.45, 2.75) is 13.8 Å². The van der Waals surface area contributed by atoms with Crippen molar-refractivity contribution in [3.8, 4) is 17.2 Å². The number of anilines is 1. The van der Waals surface area contributed by atoms with Gasteiger partial charge in [0.25, 0.3) is 11.8 Å². The van der Waals surface area contributed by atoms with Crippen LogP contribution in [0.2, 0.25) is 0 Å². The fourth-order valence-corrected chi connectivity index (χ4v) is 2.62. The molecular weight excluding hydrogens is 378 g/mol. The summed E-state index contributed by atoms with van der Waals surface area (Å²) in [6.07, 6.45) is 0. The molecule has 0 saturated carbocycles. The number of carbonyl (C=O) groups is 1. The second-order valence-corrected chi connectivity index (χ2v) is 5.89. The molecule has 0 aliphatic carbocycles. The fourth-order valence-electron chi connectivity index (χ4n) is 2.20. The lowest BCUT2D eigenvalue weighted by Gasteiger charge is -2.06. The molecule has 0 aliphatic heterocycles. The van der Waals surface area contributed by atoms with E-state index in [1.807, 2.05) is 6.92 Å². The van der Waals surface area contributed by atoms with Crippen LogP contribution >= 0.6 is 15.9 Å². The van der Waals surface area contributed by atoms with E-state index in [0.29, 0.717) is 27.1 Å². The molecule has 3 rings (SSSR count). The van der Waals surface area contributed by atoms with Crippen LogP contribution in [0.15, 0.2) is 37.6 Å². The number of halogens is 1. The Morgan fingerprint density at radius 1 is 1.21 bits per heavy atom. The molecule has 124 valence electrons. The van der Waals surface area contributed by atoms with Crippen molar-refractivity contribution in [1.82, 2.24) is 10.2 Å². The zero-order valence-corrected chi connectivity index (χ0v) is 14.8. The molecular formula is C16H14BrN3O4. The highest BCUT2D eigenvalue weighted by atomic mass is 79.9. The largest absolute Gasteiger partial charge is 0.497 e. The Morgan fingerprint density at radius 3 is 2.67 bits per heavy atom. The number of methoxy groups -OCH3 is 1. The van der Waals surface area contributed by atoms with Crippen molar-refractivity contribution in [2.24, 2.45) is 0 Å². The van der Waals surface area contributed by atoms with Crippen LogP contribution in [-0.2, 0) is 0 Å². The predicted molar refractivity (Wildman–Crippen MR) is 90.1 cm³/mol. The van der Waals surface area contributed by atoms with E-state index in [2.05, 4.69) is 31.4 Å². The van der Waals surface area contributed by atoms with Gasteiger partial charge < -0.3 is 13.6 Å². The first kappa shape index (κ1) is 16.3. The van der Waals surface area contributed by atoms with Crippen molar-refractivity contribution in [2.75, 3.05) is 12.4 Å². The van der Waals surface area contributed by atoms with Crippen molar-refractivity contribution < 1.29 is 18.4 Å². The minimum Gasteiger partial charge on any atom is -0.497 e. The topological polar surface area (TPSA) is 90.4 Å². The Balaban J connectivity index is 1.82. The Hall–Kier alpha value is -2.61. The maximum absolute atomic E-state index is 12.4. The predicted octanol–water partition coefficient (Wildman–Crippen LogP) is 3.97. The Bertz CT molecular complexity index is 901. The van der Waals surface area contributed by atoms with E-state index in [9.17, 15) is 4.79 Å². The normalized spacial score (nSPS) is 10.7. The monoisotopic (exact) mass is 391 g/mol. The zero-order chi connectivity index (χ0) is 17.3. The van der Waals surface area contributed by atoms with Crippen LogP contribution in [0.1, 0.15) is 21.9 Å². The molecule has 1 amide bonds. The number of aryl methyl sites for hydroxylation is 2. The molecule has 24 heavy (non-hydrogen) atoms. The molecule has 0 spiro atoms. The first-order valence-electron chi connectivity index (χ1n) is 7.03. The summed E-state index contributed by atoms with van der Waals surface area (Å²) >= 11 is 3.33. The third-order valence-electron chi connectivity index (χ3n) is 3.33. The summed E-state index contributed by atoms with van der Waals surface area (Å²) in [5.41, 5.74) is 1.09.